The summed E-state index contributed by atoms with van der Waals surface area (Å²) in [5.41, 5.74) is 1.36. The maximum atomic E-state index is 13.0. The molecule has 1 atom stereocenters. The molecule has 0 saturated carbocycles. The fourth-order valence-electron chi connectivity index (χ4n) is 4.77. The molecule has 35 heavy (non-hydrogen) atoms. The first-order valence-electron chi connectivity index (χ1n) is 13.4. The summed E-state index contributed by atoms with van der Waals surface area (Å²) in [5, 5.41) is 14.4. The van der Waals surface area contributed by atoms with Gasteiger partial charge in [-0.3, -0.25) is 14.6 Å². The van der Waals surface area contributed by atoms with Gasteiger partial charge in [0.25, 0.3) is 0 Å². The average molecular weight is 477 g/mol. The van der Waals surface area contributed by atoms with Crippen molar-refractivity contribution < 1.29 is 14.7 Å². The Kier molecular flexibility index (Phi) is 11.2. The predicted molar refractivity (Wildman–Crippen MR) is 141 cm³/mol. The molecule has 0 amide bonds. The molecular weight excluding hydrogens is 436 g/mol. The van der Waals surface area contributed by atoms with Gasteiger partial charge < -0.3 is 10.4 Å². The molecule has 2 N–H and O–H groups in total. The molecule has 5 nitrogen and oxygen atoms in total. The SMILES string of the molecule is CCCCCCCCCCCCCCNC(C1=C(O)c2ccccc2C(=O)C1=O)c1ccccn1. The van der Waals surface area contributed by atoms with Crippen LogP contribution in [0.1, 0.15) is 112 Å². The van der Waals surface area contributed by atoms with E-state index in [1.54, 1.807) is 30.5 Å². The lowest BCUT2D eigenvalue weighted by molar-refractivity contribution is -0.112. The summed E-state index contributed by atoms with van der Waals surface area (Å²) in [4.78, 5) is 30.2. The highest BCUT2D eigenvalue weighted by Gasteiger charge is 2.37. The highest BCUT2D eigenvalue weighted by atomic mass is 16.3. The van der Waals surface area contributed by atoms with E-state index in [1.165, 1.54) is 64.2 Å². The van der Waals surface area contributed by atoms with Crippen LogP contribution in [0.4, 0.5) is 0 Å². The number of aliphatic hydroxyl groups is 1. The number of ketones is 2. The third-order valence-corrected chi connectivity index (χ3v) is 6.78. The minimum Gasteiger partial charge on any atom is -0.507 e. The fraction of sp³-hybridized carbons (Fsp3) is 0.500. The molecule has 1 aliphatic rings. The Morgan fingerprint density at radius 3 is 1.91 bits per heavy atom. The normalized spacial score (nSPS) is 14.3. The first-order valence-corrected chi connectivity index (χ1v) is 13.4. The van der Waals surface area contributed by atoms with Crippen molar-refractivity contribution in [2.75, 3.05) is 6.54 Å². The van der Waals surface area contributed by atoms with E-state index in [-0.39, 0.29) is 16.9 Å². The number of aliphatic hydroxyl groups excluding tert-OH is 1. The Morgan fingerprint density at radius 2 is 1.31 bits per heavy atom. The van der Waals surface area contributed by atoms with Crippen LogP contribution in [0.5, 0.6) is 0 Å². The summed E-state index contributed by atoms with van der Waals surface area (Å²) >= 11 is 0. The molecule has 0 radical (unpaired) electrons. The van der Waals surface area contributed by atoms with Crippen LogP contribution in [0.25, 0.3) is 5.76 Å². The number of hydrogen-bond donors (Lipinski definition) is 2. The quantitative estimate of drug-likeness (QED) is 0.199. The molecule has 1 aliphatic carbocycles. The first kappa shape index (κ1) is 26.8. The van der Waals surface area contributed by atoms with Gasteiger partial charge in [0.1, 0.15) is 5.76 Å². The van der Waals surface area contributed by atoms with Gasteiger partial charge in [0.15, 0.2) is 0 Å². The van der Waals surface area contributed by atoms with Crippen molar-refractivity contribution in [3.05, 3.63) is 71.1 Å². The molecule has 1 aromatic carbocycles. The molecule has 0 bridgehead atoms. The molecule has 0 fully saturated rings. The summed E-state index contributed by atoms with van der Waals surface area (Å²) in [6.45, 7) is 2.93. The van der Waals surface area contributed by atoms with E-state index >= 15 is 0 Å². The predicted octanol–water partition coefficient (Wildman–Crippen LogP) is 7.15. The van der Waals surface area contributed by atoms with Crippen molar-refractivity contribution in [2.24, 2.45) is 0 Å². The Labute approximate surface area is 210 Å². The summed E-state index contributed by atoms with van der Waals surface area (Å²) in [6, 6.07) is 11.6. The van der Waals surface area contributed by atoms with Gasteiger partial charge in [0.2, 0.25) is 11.6 Å². The lowest BCUT2D eigenvalue weighted by Gasteiger charge is -2.25. The number of aromatic nitrogens is 1. The number of rotatable bonds is 16. The van der Waals surface area contributed by atoms with Crippen molar-refractivity contribution >= 4 is 17.3 Å². The molecule has 0 saturated heterocycles. The molecule has 5 heteroatoms. The minimum absolute atomic E-state index is 0.0892. The molecule has 1 heterocycles. The van der Waals surface area contributed by atoms with Crippen LogP contribution in [0, 0.1) is 0 Å². The van der Waals surface area contributed by atoms with Gasteiger partial charge in [-0.2, -0.15) is 0 Å². The summed E-state index contributed by atoms with van der Waals surface area (Å²) in [5.74, 6) is -1.39. The van der Waals surface area contributed by atoms with E-state index in [0.717, 1.165) is 12.8 Å². The van der Waals surface area contributed by atoms with Crippen LogP contribution in [0.2, 0.25) is 0 Å². The van der Waals surface area contributed by atoms with Gasteiger partial charge in [0, 0.05) is 17.3 Å². The number of unbranched alkanes of at least 4 members (excludes halogenated alkanes) is 11. The summed E-state index contributed by atoms with van der Waals surface area (Å²) < 4.78 is 0. The van der Waals surface area contributed by atoms with E-state index in [0.29, 0.717) is 17.8 Å². The minimum atomic E-state index is -0.668. The van der Waals surface area contributed by atoms with Gasteiger partial charge in [0.05, 0.1) is 17.3 Å². The number of carbonyl (C=O) groups is 2. The zero-order valence-electron chi connectivity index (χ0n) is 21.1. The van der Waals surface area contributed by atoms with Gasteiger partial charge in [-0.1, -0.05) is 108 Å². The standard InChI is InChI=1S/C30H40N2O3/c1-2-3-4-5-6-7-8-9-10-11-12-16-22-32-27(25-20-15-17-21-31-25)26-28(33)23-18-13-14-19-24(23)29(34)30(26)35/h13-15,17-21,27,32-33H,2-12,16,22H2,1H3. The van der Waals surface area contributed by atoms with E-state index in [9.17, 15) is 14.7 Å². The van der Waals surface area contributed by atoms with Crippen LogP contribution < -0.4 is 5.32 Å². The van der Waals surface area contributed by atoms with Crippen LogP contribution in [0.15, 0.2) is 54.2 Å². The van der Waals surface area contributed by atoms with E-state index in [1.807, 2.05) is 18.2 Å². The number of fused-ring (bicyclic) bond motifs is 1. The highest BCUT2D eigenvalue weighted by Crippen LogP contribution is 2.34. The molecular formula is C30H40N2O3. The van der Waals surface area contributed by atoms with E-state index in [2.05, 4.69) is 17.2 Å². The van der Waals surface area contributed by atoms with Gasteiger partial charge >= 0.3 is 0 Å². The maximum absolute atomic E-state index is 13.0. The van der Waals surface area contributed by atoms with Gasteiger partial charge in [-0.15, -0.1) is 0 Å². The molecule has 2 aromatic rings. The van der Waals surface area contributed by atoms with Gasteiger partial charge in [-0.25, -0.2) is 0 Å². The maximum Gasteiger partial charge on any atom is 0.235 e. The van der Waals surface area contributed by atoms with Gasteiger partial charge in [-0.05, 0) is 25.1 Å². The first-order chi connectivity index (χ1) is 17.1. The number of nitrogens with one attached hydrogen (secondary N) is 1. The highest BCUT2D eigenvalue weighted by molar-refractivity contribution is 6.52. The number of benzene rings is 1. The summed E-state index contributed by atoms with van der Waals surface area (Å²) in [6.07, 6.45) is 17.0. The van der Waals surface area contributed by atoms with Crippen LogP contribution in [-0.4, -0.2) is 28.2 Å². The lowest BCUT2D eigenvalue weighted by atomic mass is 9.84. The Bertz CT molecular complexity index is 984. The van der Waals surface area contributed by atoms with Crippen LogP contribution in [-0.2, 0) is 4.79 Å². The number of Topliss-reactive ketones (excluding diaryl/α,β-unsaturated/α-hetero) is 2. The number of pyridine rings is 1. The Morgan fingerprint density at radius 1 is 0.743 bits per heavy atom. The molecule has 0 spiro atoms. The zero-order chi connectivity index (χ0) is 24.9. The second kappa shape index (κ2) is 14.6. The third-order valence-electron chi connectivity index (χ3n) is 6.78. The molecule has 1 unspecified atom stereocenters. The van der Waals surface area contributed by atoms with Crippen LogP contribution >= 0.6 is 0 Å². The largest absolute Gasteiger partial charge is 0.507 e. The molecule has 1 aromatic heterocycles. The number of carbonyl (C=O) groups excluding carboxylic acids is 2. The second-order valence-electron chi connectivity index (χ2n) is 9.50. The lowest BCUT2D eigenvalue weighted by Crippen LogP contribution is -2.34. The average Bonchev–Trinajstić information content (AvgIpc) is 2.89. The number of nitrogens with zero attached hydrogens (tertiary/aromatic N) is 1. The smallest absolute Gasteiger partial charge is 0.235 e. The topological polar surface area (TPSA) is 79.3 Å². The van der Waals surface area contributed by atoms with E-state index < -0.39 is 17.6 Å². The van der Waals surface area contributed by atoms with Crippen LogP contribution in [0.3, 0.4) is 0 Å². The van der Waals surface area contributed by atoms with Crippen molar-refractivity contribution in [1.29, 1.82) is 0 Å². The Hall–Kier alpha value is -2.79. The van der Waals surface area contributed by atoms with Crippen molar-refractivity contribution in [3.63, 3.8) is 0 Å². The second-order valence-corrected chi connectivity index (χ2v) is 9.50. The zero-order valence-corrected chi connectivity index (χ0v) is 21.1. The monoisotopic (exact) mass is 476 g/mol. The molecule has 3 rings (SSSR count). The third kappa shape index (κ3) is 7.60. The number of hydrogen-bond acceptors (Lipinski definition) is 5. The Balaban J connectivity index is 1.51. The molecule has 0 aliphatic heterocycles. The fourth-order valence-corrected chi connectivity index (χ4v) is 4.77. The van der Waals surface area contributed by atoms with Crippen molar-refractivity contribution in [2.45, 2.75) is 90.0 Å². The summed E-state index contributed by atoms with van der Waals surface area (Å²) in [7, 11) is 0. The van der Waals surface area contributed by atoms with E-state index in [4.69, 9.17) is 0 Å². The van der Waals surface area contributed by atoms with Crippen molar-refractivity contribution in [3.8, 4) is 0 Å². The molecule has 188 valence electrons. The van der Waals surface area contributed by atoms with Crippen molar-refractivity contribution in [1.82, 2.24) is 10.3 Å².